The standard InChI is InChI=1S/C25H32Cl2N2O3/c1-6-22(25(31)28-13-16(2)3)29(14-19-10-11-20(26)21(27)12-19)24(30)15-32-23-9-7-8-17(4)18(23)5/h7-12,16,22H,6,13-15H2,1-5H3,(H,28,31)/t22-/m1/s1. The maximum absolute atomic E-state index is 13.3. The molecule has 2 aromatic rings. The first-order valence-electron chi connectivity index (χ1n) is 10.8. The van der Waals surface area contributed by atoms with Gasteiger partial charge in [-0.25, -0.2) is 0 Å². The largest absolute Gasteiger partial charge is 0.483 e. The highest BCUT2D eigenvalue weighted by atomic mass is 35.5. The molecule has 0 aliphatic heterocycles. The number of nitrogens with zero attached hydrogens (tertiary/aromatic N) is 1. The molecule has 0 heterocycles. The number of halogens is 2. The molecule has 2 aromatic carbocycles. The van der Waals surface area contributed by atoms with E-state index in [1.165, 1.54) is 0 Å². The summed E-state index contributed by atoms with van der Waals surface area (Å²) in [5.74, 6) is 0.512. The lowest BCUT2D eigenvalue weighted by molar-refractivity contribution is -0.143. The van der Waals surface area contributed by atoms with Crippen molar-refractivity contribution in [3.05, 3.63) is 63.1 Å². The molecule has 174 valence electrons. The Kier molecular flexibility index (Phi) is 9.85. The Labute approximate surface area is 201 Å². The molecule has 0 fully saturated rings. The molecule has 0 unspecified atom stereocenters. The summed E-state index contributed by atoms with van der Waals surface area (Å²) in [5.41, 5.74) is 2.86. The maximum Gasteiger partial charge on any atom is 0.261 e. The lowest BCUT2D eigenvalue weighted by Crippen LogP contribution is -2.50. The Bertz CT molecular complexity index is 947. The van der Waals surface area contributed by atoms with E-state index in [0.29, 0.717) is 34.7 Å². The van der Waals surface area contributed by atoms with Crippen molar-refractivity contribution in [3.8, 4) is 5.75 Å². The highest BCUT2D eigenvalue weighted by molar-refractivity contribution is 6.42. The van der Waals surface area contributed by atoms with Gasteiger partial charge in [0.2, 0.25) is 5.91 Å². The fourth-order valence-electron chi connectivity index (χ4n) is 3.28. The molecule has 0 aromatic heterocycles. The van der Waals surface area contributed by atoms with Crippen LogP contribution in [0.4, 0.5) is 0 Å². The molecule has 2 rings (SSSR count). The predicted octanol–water partition coefficient (Wildman–Crippen LogP) is 5.57. The van der Waals surface area contributed by atoms with Gasteiger partial charge in [0.1, 0.15) is 11.8 Å². The van der Waals surface area contributed by atoms with E-state index in [0.717, 1.165) is 16.7 Å². The molecule has 7 heteroatoms. The van der Waals surface area contributed by atoms with E-state index >= 15 is 0 Å². The van der Waals surface area contributed by atoms with E-state index in [4.69, 9.17) is 27.9 Å². The van der Waals surface area contributed by atoms with Crippen molar-refractivity contribution < 1.29 is 14.3 Å². The minimum absolute atomic E-state index is 0.167. The van der Waals surface area contributed by atoms with E-state index in [2.05, 4.69) is 5.32 Å². The van der Waals surface area contributed by atoms with E-state index in [9.17, 15) is 9.59 Å². The summed E-state index contributed by atoms with van der Waals surface area (Å²) in [5, 5.41) is 3.79. The topological polar surface area (TPSA) is 58.6 Å². The fraction of sp³-hybridized carbons (Fsp3) is 0.440. The normalized spacial score (nSPS) is 11.9. The molecule has 0 spiro atoms. The Hall–Kier alpha value is -2.24. The number of ether oxygens (including phenoxy) is 1. The number of benzene rings is 2. The second-order valence-electron chi connectivity index (χ2n) is 8.32. The highest BCUT2D eigenvalue weighted by Gasteiger charge is 2.29. The monoisotopic (exact) mass is 478 g/mol. The van der Waals surface area contributed by atoms with Crippen molar-refractivity contribution in [1.82, 2.24) is 10.2 Å². The number of hydrogen-bond donors (Lipinski definition) is 1. The summed E-state index contributed by atoms with van der Waals surface area (Å²) in [6, 6.07) is 10.3. The average molecular weight is 479 g/mol. The van der Waals surface area contributed by atoms with Gasteiger partial charge in [0.15, 0.2) is 6.61 Å². The van der Waals surface area contributed by atoms with Crippen molar-refractivity contribution in [2.75, 3.05) is 13.2 Å². The van der Waals surface area contributed by atoms with E-state index in [1.54, 1.807) is 23.1 Å². The van der Waals surface area contributed by atoms with Crippen molar-refractivity contribution >= 4 is 35.0 Å². The Balaban J connectivity index is 2.26. The van der Waals surface area contributed by atoms with Gasteiger partial charge in [0, 0.05) is 13.1 Å². The minimum Gasteiger partial charge on any atom is -0.483 e. The number of hydrogen-bond acceptors (Lipinski definition) is 3. The molecule has 0 saturated carbocycles. The summed E-state index contributed by atoms with van der Waals surface area (Å²) in [4.78, 5) is 27.7. The smallest absolute Gasteiger partial charge is 0.261 e. The van der Waals surface area contributed by atoms with Crippen LogP contribution >= 0.6 is 23.2 Å². The van der Waals surface area contributed by atoms with Crippen LogP contribution in [-0.4, -0.2) is 35.9 Å². The molecule has 1 atom stereocenters. The quantitative estimate of drug-likeness (QED) is 0.485. The Morgan fingerprint density at radius 3 is 2.44 bits per heavy atom. The Morgan fingerprint density at radius 1 is 1.09 bits per heavy atom. The summed E-state index contributed by atoms with van der Waals surface area (Å²) in [6.07, 6.45) is 0.473. The average Bonchev–Trinajstić information content (AvgIpc) is 2.75. The van der Waals surface area contributed by atoms with E-state index in [-0.39, 0.29) is 25.0 Å². The van der Waals surface area contributed by atoms with Crippen LogP contribution in [-0.2, 0) is 16.1 Å². The molecule has 2 amide bonds. The number of carbonyl (C=O) groups excluding carboxylic acids is 2. The zero-order valence-electron chi connectivity index (χ0n) is 19.4. The van der Waals surface area contributed by atoms with Gasteiger partial charge in [0.25, 0.3) is 5.91 Å². The third-order valence-electron chi connectivity index (χ3n) is 5.31. The van der Waals surface area contributed by atoms with Crippen LogP contribution in [0.15, 0.2) is 36.4 Å². The van der Waals surface area contributed by atoms with E-state index < -0.39 is 6.04 Å². The predicted molar refractivity (Wildman–Crippen MR) is 130 cm³/mol. The van der Waals surface area contributed by atoms with Gasteiger partial charge in [0.05, 0.1) is 10.0 Å². The first kappa shape index (κ1) is 26.0. The van der Waals surface area contributed by atoms with Crippen molar-refractivity contribution in [1.29, 1.82) is 0 Å². The van der Waals surface area contributed by atoms with Crippen LogP contribution in [0, 0.1) is 19.8 Å². The van der Waals surface area contributed by atoms with Gasteiger partial charge in [-0.15, -0.1) is 0 Å². The van der Waals surface area contributed by atoms with Crippen LogP contribution in [0.1, 0.15) is 43.9 Å². The van der Waals surface area contributed by atoms with Gasteiger partial charge in [-0.2, -0.15) is 0 Å². The molecule has 5 nitrogen and oxygen atoms in total. The number of nitrogens with one attached hydrogen (secondary N) is 1. The summed E-state index contributed by atoms with van der Waals surface area (Å²) in [7, 11) is 0. The van der Waals surface area contributed by atoms with Crippen molar-refractivity contribution in [2.24, 2.45) is 5.92 Å². The second-order valence-corrected chi connectivity index (χ2v) is 9.13. The number of carbonyl (C=O) groups is 2. The third kappa shape index (κ3) is 7.14. The zero-order valence-corrected chi connectivity index (χ0v) is 20.9. The summed E-state index contributed by atoms with van der Waals surface area (Å²) in [6.45, 7) is 10.5. The zero-order chi connectivity index (χ0) is 23.8. The van der Waals surface area contributed by atoms with Crippen LogP contribution < -0.4 is 10.1 Å². The molecular formula is C25H32Cl2N2O3. The number of rotatable bonds is 10. The SMILES string of the molecule is CC[C@H](C(=O)NCC(C)C)N(Cc1ccc(Cl)c(Cl)c1)C(=O)COc1cccc(C)c1C. The van der Waals surface area contributed by atoms with Crippen LogP contribution in [0.25, 0.3) is 0 Å². The molecule has 0 bridgehead atoms. The first-order valence-corrected chi connectivity index (χ1v) is 11.6. The summed E-state index contributed by atoms with van der Waals surface area (Å²) < 4.78 is 5.84. The van der Waals surface area contributed by atoms with E-state index in [1.807, 2.05) is 52.8 Å². The first-order chi connectivity index (χ1) is 15.1. The third-order valence-corrected chi connectivity index (χ3v) is 6.05. The number of amides is 2. The molecule has 0 aliphatic rings. The Morgan fingerprint density at radius 2 is 1.81 bits per heavy atom. The van der Waals surface area contributed by atoms with Crippen molar-refractivity contribution in [3.63, 3.8) is 0 Å². The van der Waals surface area contributed by atoms with Gasteiger partial charge in [-0.3, -0.25) is 9.59 Å². The number of aryl methyl sites for hydroxylation is 1. The van der Waals surface area contributed by atoms with Gasteiger partial charge in [-0.05, 0) is 61.1 Å². The van der Waals surface area contributed by atoms with Crippen molar-refractivity contribution in [2.45, 2.75) is 53.6 Å². The molecular weight excluding hydrogens is 447 g/mol. The lowest BCUT2D eigenvalue weighted by atomic mass is 10.1. The molecule has 1 N–H and O–H groups in total. The molecule has 0 aliphatic carbocycles. The van der Waals surface area contributed by atoms with Crippen LogP contribution in [0.3, 0.4) is 0 Å². The minimum atomic E-state index is -0.627. The van der Waals surface area contributed by atoms with Gasteiger partial charge in [-0.1, -0.05) is 62.2 Å². The van der Waals surface area contributed by atoms with Gasteiger partial charge >= 0.3 is 0 Å². The molecule has 0 radical (unpaired) electrons. The van der Waals surface area contributed by atoms with Crippen LogP contribution in [0.5, 0.6) is 5.75 Å². The van der Waals surface area contributed by atoms with Gasteiger partial charge < -0.3 is 15.0 Å². The molecule has 32 heavy (non-hydrogen) atoms. The molecule has 0 saturated heterocycles. The highest BCUT2D eigenvalue weighted by Crippen LogP contribution is 2.25. The maximum atomic E-state index is 13.3. The summed E-state index contributed by atoms with van der Waals surface area (Å²) >= 11 is 12.2. The fourth-order valence-corrected chi connectivity index (χ4v) is 3.60. The second kappa shape index (κ2) is 12.1. The van der Waals surface area contributed by atoms with Crippen LogP contribution in [0.2, 0.25) is 10.0 Å². The lowest BCUT2D eigenvalue weighted by Gasteiger charge is -2.31.